The van der Waals surface area contributed by atoms with Gasteiger partial charge in [-0.05, 0) is 18.2 Å². The summed E-state index contributed by atoms with van der Waals surface area (Å²) in [5.41, 5.74) is 0.707. The summed E-state index contributed by atoms with van der Waals surface area (Å²) >= 11 is 6.03. The van der Waals surface area contributed by atoms with Crippen LogP contribution in [0.15, 0.2) is 18.2 Å². The molecule has 0 spiro atoms. The number of ether oxygens (including phenoxy) is 3. The predicted molar refractivity (Wildman–Crippen MR) is 80.4 cm³/mol. The Hall–Kier alpha value is -1.83. The minimum absolute atomic E-state index is 0.156. The molecule has 0 bridgehead atoms. The average Bonchev–Trinajstić information content (AvgIpc) is 2.55. The molecule has 2 amide bonds. The Balaban J connectivity index is 1.86. The highest BCUT2D eigenvalue weighted by atomic mass is 35.5. The monoisotopic (exact) mass is 328 g/mol. The summed E-state index contributed by atoms with van der Waals surface area (Å²) in [5.74, 6) is -0.493. The van der Waals surface area contributed by atoms with Gasteiger partial charge in [0.2, 0.25) is 0 Å². The van der Waals surface area contributed by atoms with E-state index in [0.717, 1.165) is 0 Å². The van der Waals surface area contributed by atoms with E-state index in [-0.39, 0.29) is 11.1 Å². The number of hydrogen-bond acceptors (Lipinski definition) is 5. The largest absolute Gasteiger partial charge is 0.465 e. The molecule has 22 heavy (non-hydrogen) atoms. The van der Waals surface area contributed by atoms with E-state index in [1.54, 1.807) is 0 Å². The number of halogens is 1. The second-order valence-electron chi connectivity index (χ2n) is 4.59. The maximum absolute atomic E-state index is 11.8. The summed E-state index contributed by atoms with van der Waals surface area (Å²) in [6, 6.07) is 4.07. The van der Waals surface area contributed by atoms with E-state index < -0.39 is 12.0 Å². The van der Waals surface area contributed by atoms with Crippen LogP contribution in [0.5, 0.6) is 0 Å². The number of carbonyl (C=O) groups excluding carboxylic acids is 2. The van der Waals surface area contributed by atoms with Crippen molar-refractivity contribution in [3.05, 3.63) is 28.8 Å². The fraction of sp³-hybridized carbons (Fsp3) is 0.429. The molecule has 0 aliphatic carbocycles. The molecule has 1 aliphatic rings. The first-order valence-electron chi connectivity index (χ1n) is 6.72. The summed E-state index contributed by atoms with van der Waals surface area (Å²) < 4.78 is 15.2. The highest BCUT2D eigenvalue weighted by Gasteiger charge is 2.16. The zero-order valence-corrected chi connectivity index (χ0v) is 12.8. The van der Waals surface area contributed by atoms with Gasteiger partial charge in [-0.25, -0.2) is 9.59 Å². The van der Waals surface area contributed by atoms with E-state index >= 15 is 0 Å². The highest BCUT2D eigenvalue weighted by molar-refractivity contribution is 6.34. The maximum atomic E-state index is 11.8. The van der Waals surface area contributed by atoms with E-state index in [2.05, 4.69) is 15.4 Å². The molecule has 1 aliphatic heterocycles. The second kappa shape index (κ2) is 7.98. The molecule has 0 unspecified atom stereocenters. The van der Waals surface area contributed by atoms with Crippen molar-refractivity contribution >= 4 is 29.3 Å². The Morgan fingerprint density at radius 1 is 1.41 bits per heavy atom. The van der Waals surface area contributed by atoms with Crippen molar-refractivity contribution < 1.29 is 23.8 Å². The van der Waals surface area contributed by atoms with Crippen LogP contribution >= 0.6 is 11.6 Å². The molecular formula is C14H17ClN2O5. The third kappa shape index (κ3) is 4.59. The van der Waals surface area contributed by atoms with Crippen LogP contribution in [0.4, 0.5) is 10.5 Å². The van der Waals surface area contributed by atoms with Crippen molar-refractivity contribution in [1.29, 1.82) is 0 Å². The van der Waals surface area contributed by atoms with Gasteiger partial charge in [0.1, 0.15) is 0 Å². The van der Waals surface area contributed by atoms with E-state index in [1.807, 2.05) is 0 Å². The Morgan fingerprint density at radius 2 is 2.23 bits per heavy atom. The van der Waals surface area contributed by atoms with Crippen LogP contribution < -0.4 is 10.6 Å². The maximum Gasteiger partial charge on any atom is 0.337 e. The lowest BCUT2D eigenvalue weighted by atomic mass is 10.2. The number of amides is 2. The lowest BCUT2D eigenvalue weighted by Gasteiger charge is -2.23. The molecule has 0 saturated carbocycles. The van der Waals surface area contributed by atoms with Crippen molar-refractivity contribution in [2.45, 2.75) is 6.10 Å². The van der Waals surface area contributed by atoms with E-state index in [9.17, 15) is 9.59 Å². The van der Waals surface area contributed by atoms with Gasteiger partial charge in [0, 0.05) is 6.54 Å². The number of esters is 1. The number of anilines is 1. The van der Waals surface area contributed by atoms with Gasteiger partial charge in [-0.2, -0.15) is 0 Å². The summed E-state index contributed by atoms with van der Waals surface area (Å²) in [6.07, 6.45) is -0.156. The summed E-state index contributed by atoms with van der Waals surface area (Å²) in [4.78, 5) is 23.2. The van der Waals surface area contributed by atoms with Gasteiger partial charge in [-0.1, -0.05) is 11.6 Å². The first kappa shape index (κ1) is 16.5. The van der Waals surface area contributed by atoms with Gasteiger partial charge < -0.3 is 24.8 Å². The van der Waals surface area contributed by atoms with Crippen molar-refractivity contribution in [3.63, 3.8) is 0 Å². The fourth-order valence-corrected chi connectivity index (χ4v) is 2.12. The van der Waals surface area contributed by atoms with Crippen LogP contribution in [0.3, 0.4) is 0 Å². The molecule has 1 heterocycles. The van der Waals surface area contributed by atoms with E-state index in [0.29, 0.717) is 37.6 Å². The van der Waals surface area contributed by atoms with Crippen LogP contribution in [0.25, 0.3) is 0 Å². The molecule has 0 radical (unpaired) electrons. The Morgan fingerprint density at radius 3 is 2.86 bits per heavy atom. The quantitative estimate of drug-likeness (QED) is 0.821. The van der Waals surface area contributed by atoms with Crippen molar-refractivity contribution in [3.8, 4) is 0 Å². The molecule has 2 rings (SSSR count). The molecule has 1 aromatic rings. The third-order valence-corrected chi connectivity index (χ3v) is 3.33. The average molecular weight is 329 g/mol. The number of benzene rings is 1. The summed E-state index contributed by atoms with van der Waals surface area (Å²) in [6.45, 7) is 1.89. The van der Waals surface area contributed by atoms with Gasteiger partial charge in [0.05, 0.1) is 49.3 Å². The highest BCUT2D eigenvalue weighted by Crippen LogP contribution is 2.23. The third-order valence-electron chi connectivity index (χ3n) is 3.01. The van der Waals surface area contributed by atoms with Crippen molar-refractivity contribution in [2.75, 3.05) is 38.8 Å². The number of rotatable bonds is 4. The lowest BCUT2D eigenvalue weighted by Crippen LogP contribution is -2.41. The Bertz CT molecular complexity index is 546. The van der Waals surface area contributed by atoms with Crippen LogP contribution in [0.2, 0.25) is 5.02 Å². The van der Waals surface area contributed by atoms with Gasteiger partial charge in [0.15, 0.2) is 0 Å². The molecule has 7 nitrogen and oxygen atoms in total. The molecule has 1 saturated heterocycles. The minimum atomic E-state index is -0.493. The first-order chi connectivity index (χ1) is 10.6. The van der Waals surface area contributed by atoms with Crippen LogP contribution in [0.1, 0.15) is 10.4 Å². The molecule has 8 heteroatoms. The Labute approximate surface area is 132 Å². The first-order valence-corrected chi connectivity index (χ1v) is 7.10. The van der Waals surface area contributed by atoms with Crippen molar-refractivity contribution in [2.24, 2.45) is 0 Å². The number of methoxy groups -OCH3 is 1. The zero-order valence-electron chi connectivity index (χ0n) is 12.1. The van der Waals surface area contributed by atoms with Crippen molar-refractivity contribution in [1.82, 2.24) is 5.32 Å². The smallest absolute Gasteiger partial charge is 0.337 e. The normalized spacial score (nSPS) is 17.6. The van der Waals surface area contributed by atoms with Gasteiger partial charge in [-0.15, -0.1) is 0 Å². The molecule has 2 N–H and O–H groups in total. The van der Waals surface area contributed by atoms with E-state index in [4.69, 9.17) is 21.1 Å². The topological polar surface area (TPSA) is 85.9 Å². The standard InChI is InChI=1S/C14H17ClN2O5/c1-20-13(18)9-2-3-12(11(15)6-9)17-14(19)16-7-10-8-21-4-5-22-10/h2-3,6,10H,4-5,7-8H2,1H3,(H2,16,17,19)/t10-/m1/s1. The Kier molecular flexibility index (Phi) is 6.00. The molecule has 120 valence electrons. The number of urea groups is 1. The summed E-state index contributed by atoms with van der Waals surface area (Å²) in [7, 11) is 1.28. The molecule has 1 atom stereocenters. The number of nitrogens with one attached hydrogen (secondary N) is 2. The van der Waals surface area contributed by atoms with Crippen LogP contribution in [-0.4, -0.2) is 51.6 Å². The number of carbonyl (C=O) groups is 2. The molecule has 1 fully saturated rings. The van der Waals surface area contributed by atoms with Gasteiger partial charge in [-0.3, -0.25) is 0 Å². The second-order valence-corrected chi connectivity index (χ2v) is 5.00. The molecule has 0 aromatic heterocycles. The van der Waals surface area contributed by atoms with E-state index in [1.165, 1.54) is 25.3 Å². The number of hydrogen-bond donors (Lipinski definition) is 2. The van der Waals surface area contributed by atoms with Gasteiger partial charge >= 0.3 is 12.0 Å². The van der Waals surface area contributed by atoms with Crippen LogP contribution in [0, 0.1) is 0 Å². The SMILES string of the molecule is COC(=O)c1ccc(NC(=O)NC[C@@H]2COCCO2)c(Cl)c1. The minimum Gasteiger partial charge on any atom is -0.465 e. The molecular weight excluding hydrogens is 312 g/mol. The summed E-state index contributed by atoms with van der Waals surface area (Å²) in [5, 5.41) is 5.52. The zero-order chi connectivity index (χ0) is 15.9. The predicted octanol–water partition coefficient (Wildman–Crippen LogP) is 1.66. The molecule has 1 aromatic carbocycles. The fourth-order valence-electron chi connectivity index (χ4n) is 1.89. The van der Waals surface area contributed by atoms with Crippen LogP contribution in [-0.2, 0) is 14.2 Å². The lowest BCUT2D eigenvalue weighted by molar-refractivity contribution is -0.0852. The van der Waals surface area contributed by atoms with Gasteiger partial charge in [0.25, 0.3) is 0 Å².